The van der Waals surface area contributed by atoms with Crippen molar-refractivity contribution in [2.75, 3.05) is 39.4 Å². The lowest BCUT2D eigenvalue weighted by molar-refractivity contribution is -0.908. The Morgan fingerprint density at radius 2 is 2.00 bits per heavy atom. The summed E-state index contributed by atoms with van der Waals surface area (Å²) >= 11 is 5.30. The van der Waals surface area contributed by atoms with Crippen LogP contribution in [0.1, 0.15) is 24.9 Å². The van der Waals surface area contributed by atoms with E-state index >= 15 is 0 Å². The van der Waals surface area contributed by atoms with Gasteiger partial charge in [0.2, 0.25) is 0 Å². The van der Waals surface area contributed by atoms with Gasteiger partial charge in [-0.2, -0.15) is 0 Å². The molecule has 3 N–H and O–H groups in total. The van der Waals surface area contributed by atoms with E-state index in [2.05, 4.69) is 10.6 Å². The average molecular weight is 326 g/mol. The van der Waals surface area contributed by atoms with Gasteiger partial charge in [0.25, 0.3) is 0 Å². The zero-order chi connectivity index (χ0) is 15.8. The first-order valence-corrected chi connectivity index (χ1v) is 8.27. The lowest BCUT2D eigenvalue weighted by Crippen LogP contribution is -3.14. The lowest BCUT2D eigenvalue weighted by atomic mass is 10.1. The molecule has 22 heavy (non-hydrogen) atoms. The van der Waals surface area contributed by atoms with Crippen molar-refractivity contribution in [1.82, 2.24) is 10.6 Å². The molecule has 0 spiro atoms. The van der Waals surface area contributed by atoms with Crippen LogP contribution in [-0.4, -0.2) is 44.5 Å². The predicted molar refractivity (Wildman–Crippen MR) is 89.6 cm³/mol. The second-order valence-electron chi connectivity index (χ2n) is 5.64. The third-order valence-corrected chi connectivity index (χ3v) is 4.17. The summed E-state index contributed by atoms with van der Waals surface area (Å²) < 4.78 is 18.2. The number of rotatable bonds is 6. The van der Waals surface area contributed by atoms with E-state index in [4.69, 9.17) is 17.0 Å². The largest absolute Gasteiger partial charge is 0.370 e. The molecule has 1 aromatic carbocycles. The molecule has 1 aliphatic heterocycles. The number of nitrogens with one attached hydrogen (secondary N) is 3. The number of hydrogen-bond acceptors (Lipinski definition) is 2. The first kappa shape index (κ1) is 17.1. The van der Waals surface area contributed by atoms with Gasteiger partial charge in [-0.1, -0.05) is 12.1 Å². The monoisotopic (exact) mass is 326 g/mol. The second-order valence-corrected chi connectivity index (χ2v) is 6.05. The molecule has 1 aromatic rings. The molecule has 1 saturated heterocycles. The van der Waals surface area contributed by atoms with Gasteiger partial charge < -0.3 is 20.3 Å². The summed E-state index contributed by atoms with van der Waals surface area (Å²) in [4.78, 5) is 1.60. The first-order valence-electron chi connectivity index (χ1n) is 7.86. The average Bonchev–Trinajstić information content (AvgIpc) is 2.53. The van der Waals surface area contributed by atoms with Crippen molar-refractivity contribution in [3.05, 3.63) is 35.6 Å². The normalized spacial score (nSPS) is 17.0. The van der Waals surface area contributed by atoms with E-state index < -0.39 is 0 Å². The van der Waals surface area contributed by atoms with Gasteiger partial charge in [-0.3, -0.25) is 0 Å². The zero-order valence-electron chi connectivity index (χ0n) is 13.0. The Morgan fingerprint density at radius 1 is 1.32 bits per heavy atom. The molecule has 0 radical (unpaired) electrons. The Kier molecular flexibility index (Phi) is 7.02. The highest BCUT2D eigenvalue weighted by Crippen LogP contribution is 2.12. The number of quaternary nitrogens is 1. The predicted octanol–water partition coefficient (Wildman–Crippen LogP) is 0.656. The van der Waals surface area contributed by atoms with E-state index in [1.165, 1.54) is 12.1 Å². The summed E-state index contributed by atoms with van der Waals surface area (Å²) in [5.41, 5.74) is 1.02. The fourth-order valence-corrected chi connectivity index (χ4v) is 2.81. The standard InChI is InChI=1S/C16H24FN3OS/c1-13(14-3-5-15(17)6-4-14)19-16(22)18-7-2-8-20-9-11-21-12-10-20/h3-6,13H,2,7-12H2,1H3,(H2,18,19,22)/p+1/t13-/m1/s1. The van der Waals surface area contributed by atoms with Gasteiger partial charge in [0.1, 0.15) is 18.9 Å². The molecule has 6 heteroatoms. The van der Waals surface area contributed by atoms with Crippen molar-refractivity contribution in [3.8, 4) is 0 Å². The van der Waals surface area contributed by atoms with Crippen LogP contribution in [0.25, 0.3) is 0 Å². The van der Waals surface area contributed by atoms with Gasteiger partial charge in [-0.05, 0) is 36.8 Å². The number of morpholine rings is 1. The van der Waals surface area contributed by atoms with E-state index in [1.54, 1.807) is 17.0 Å². The molecule has 0 aromatic heterocycles. The van der Waals surface area contributed by atoms with Crippen LogP contribution < -0.4 is 15.5 Å². The minimum absolute atomic E-state index is 0.0606. The van der Waals surface area contributed by atoms with Crippen LogP contribution in [0.5, 0.6) is 0 Å². The van der Waals surface area contributed by atoms with Gasteiger partial charge in [0, 0.05) is 13.0 Å². The Hall–Kier alpha value is -1.24. The fourth-order valence-electron chi connectivity index (χ4n) is 2.53. The topological polar surface area (TPSA) is 37.7 Å². The highest BCUT2D eigenvalue weighted by molar-refractivity contribution is 7.80. The molecule has 2 rings (SSSR count). The summed E-state index contributed by atoms with van der Waals surface area (Å²) in [6, 6.07) is 6.55. The zero-order valence-corrected chi connectivity index (χ0v) is 13.8. The quantitative estimate of drug-likeness (QED) is 0.530. The maximum atomic E-state index is 12.9. The lowest BCUT2D eigenvalue weighted by Gasteiger charge is -2.24. The number of halogens is 1. The van der Waals surface area contributed by atoms with Crippen molar-refractivity contribution in [2.45, 2.75) is 19.4 Å². The van der Waals surface area contributed by atoms with E-state index in [0.29, 0.717) is 5.11 Å². The van der Waals surface area contributed by atoms with Crippen LogP contribution in [0.4, 0.5) is 4.39 Å². The Labute approximate surface area is 137 Å². The Morgan fingerprint density at radius 3 is 2.68 bits per heavy atom. The smallest absolute Gasteiger partial charge is 0.166 e. The van der Waals surface area contributed by atoms with E-state index in [-0.39, 0.29) is 11.9 Å². The van der Waals surface area contributed by atoms with Crippen molar-refractivity contribution >= 4 is 17.3 Å². The summed E-state index contributed by atoms with van der Waals surface area (Å²) in [5, 5.41) is 7.11. The summed E-state index contributed by atoms with van der Waals surface area (Å²) in [6.07, 6.45) is 1.09. The summed E-state index contributed by atoms with van der Waals surface area (Å²) in [7, 11) is 0. The van der Waals surface area contributed by atoms with Gasteiger partial charge in [-0.15, -0.1) is 0 Å². The Bertz CT molecular complexity index is 463. The second kappa shape index (κ2) is 9.02. The number of ether oxygens (including phenoxy) is 1. The minimum atomic E-state index is -0.220. The summed E-state index contributed by atoms with van der Waals surface area (Å²) in [6.45, 7) is 7.97. The fraction of sp³-hybridized carbons (Fsp3) is 0.562. The van der Waals surface area contributed by atoms with Gasteiger partial charge in [0.05, 0.1) is 25.8 Å². The van der Waals surface area contributed by atoms with Crippen LogP contribution >= 0.6 is 12.2 Å². The molecule has 0 saturated carbocycles. The SMILES string of the molecule is C[C@@H](NC(=S)NCCC[NH+]1CCOCC1)c1ccc(F)cc1. The molecule has 0 aliphatic carbocycles. The molecule has 1 fully saturated rings. The number of hydrogen-bond donors (Lipinski definition) is 3. The maximum Gasteiger partial charge on any atom is 0.166 e. The minimum Gasteiger partial charge on any atom is -0.370 e. The van der Waals surface area contributed by atoms with Crippen LogP contribution in [0.15, 0.2) is 24.3 Å². The van der Waals surface area contributed by atoms with Gasteiger partial charge >= 0.3 is 0 Å². The molecule has 0 bridgehead atoms. The molecular formula is C16H25FN3OS+. The Balaban J connectivity index is 1.61. The van der Waals surface area contributed by atoms with Crippen LogP contribution in [0.3, 0.4) is 0 Å². The van der Waals surface area contributed by atoms with Crippen molar-refractivity contribution < 1.29 is 14.0 Å². The third kappa shape index (κ3) is 5.87. The van der Waals surface area contributed by atoms with Crippen molar-refractivity contribution in [2.24, 2.45) is 0 Å². The van der Waals surface area contributed by atoms with Gasteiger partial charge in [-0.25, -0.2) is 4.39 Å². The molecule has 1 aliphatic rings. The van der Waals surface area contributed by atoms with Crippen LogP contribution in [0.2, 0.25) is 0 Å². The maximum absolute atomic E-state index is 12.9. The summed E-state index contributed by atoms with van der Waals surface area (Å²) in [5.74, 6) is -0.220. The van der Waals surface area contributed by atoms with E-state index in [9.17, 15) is 4.39 Å². The number of benzene rings is 1. The van der Waals surface area contributed by atoms with Crippen LogP contribution in [0, 0.1) is 5.82 Å². The highest BCUT2D eigenvalue weighted by Gasteiger charge is 2.13. The van der Waals surface area contributed by atoms with E-state index in [0.717, 1.165) is 51.4 Å². The molecular weight excluding hydrogens is 301 g/mol. The third-order valence-electron chi connectivity index (χ3n) is 3.91. The van der Waals surface area contributed by atoms with E-state index in [1.807, 2.05) is 6.92 Å². The molecule has 1 heterocycles. The van der Waals surface area contributed by atoms with Gasteiger partial charge in [0.15, 0.2) is 5.11 Å². The highest BCUT2D eigenvalue weighted by atomic mass is 32.1. The first-order chi connectivity index (χ1) is 10.6. The molecule has 1 atom stereocenters. The molecule has 4 nitrogen and oxygen atoms in total. The van der Waals surface area contributed by atoms with Crippen LogP contribution in [-0.2, 0) is 4.74 Å². The van der Waals surface area contributed by atoms with Crippen molar-refractivity contribution in [1.29, 1.82) is 0 Å². The number of thiocarbonyl (C=S) groups is 1. The molecule has 122 valence electrons. The molecule has 0 amide bonds. The van der Waals surface area contributed by atoms with Crippen molar-refractivity contribution in [3.63, 3.8) is 0 Å². The molecule has 0 unspecified atom stereocenters.